The topological polar surface area (TPSA) is 42.6 Å². The quantitative estimate of drug-likeness (QED) is 0.726. The summed E-state index contributed by atoms with van der Waals surface area (Å²) >= 11 is 5.95. The van der Waals surface area contributed by atoms with Gasteiger partial charge in [0.25, 0.3) is 0 Å². The molecule has 0 amide bonds. The minimum Gasteiger partial charge on any atom is -0.293 e. The highest BCUT2D eigenvalue weighted by Gasteiger charge is 2.52. The first-order chi connectivity index (χ1) is 12.1. The number of anilines is 1. The van der Waals surface area contributed by atoms with Gasteiger partial charge in [0.1, 0.15) is 5.84 Å². The maximum Gasteiger partial charge on any atom is 0.127 e. The Bertz CT molecular complexity index is 759. The van der Waals surface area contributed by atoms with Gasteiger partial charge in [-0.2, -0.15) is 5.26 Å². The number of nitriles is 1. The molecular formula is C21H28N4S. The van der Waals surface area contributed by atoms with Crippen molar-refractivity contribution >= 4 is 28.7 Å². The van der Waals surface area contributed by atoms with E-state index in [0.717, 1.165) is 29.6 Å². The Hall–Kier alpha value is -1.77. The van der Waals surface area contributed by atoms with E-state index >= 15 is 0 Å². The molecule has 0 N–H and O–H groups in total. The molecule has 2 heterocycles. The minimum absolute atomic E-state index is 0.169. The molecule has 2 aliphatic heterocycles. The summed E-state index contributed by atoms with van der Waals surface area (Å²) < 4.78 is 0. The van der Waals surface area contributed by atoms with Crippen molar-refractivity contribution in [2.75, 3.05) is 18.0 Å². The van der Waals surface area contributed by atoms with Crippen LogP contribution in [-0.4, -0.2) is 40.4 Å². The lowest BCUT2D eigenvalue weighted by atomic mass is 9.86. The van der Waals surface area contributed by atoms with Gasteiger partial charge < -0.3 is 0 Å². The summed E-state index contributed by atoms with van der Waals surface area (Å²) in [4.78, 5) is 10.7. The predicted molar refractivity (Wildman–Crippen MR) is 112 cm³/mol. The Morgan fingerprint density at radius 2 is 1.73 bits per heavy atom. The summed E-state index contributed by atoms with van der Waals surface area (Å²) in [5.41, 5.74) is 1.29. The number of amidine groups is 1. The average molecular weight is 369 g/mol. The summed E-state index contributed by atoms with van der Waals surface area (Å²) in [6.45, 7) is 13.1. The minimum atomic E-state index is -0.186. The first kappa shape index (κ1) is 19.0. The van der Waals surface area contributed by atoms with Crippen molar-refractivity contribution in [2.45, 2.75) is 59.0 Å². The van der Waals surface area contributed by atoms with Crippen LogP contribution in [0, 0.1) is 16.7 Å². The zero-order valence-electron chi connectivity index (χ0n) is 16.4. The van der Waals surface area contributed by atoms with E-state index in [9.17, 15) is 0 Å². The van der Waals surface area contributed by atoms with Gasteiger partial charge in [-0.05, 0) is 71.0 Å². The Kier molecular flexibility index (Phi) is 4.94. The number of benzene rings is 1. The molecule has 0 bridgehead atoms. The predicted octanol–water partition coefficient (Wildman–Crippen LogP) is 4.39. The molecule has 26 heavy (non-hydrogen) atoms. The van der Waals surface area contributed by atoms with Crippen molar-refractivity contribution < 1.29 is 0 Å². The smallest absolute Gasteiger partial charge is 0.127 e. The van der Waals surface area contributed by atoms with Crippen molar-refractivity contribution in [3.05, 3.63) is 29.8 Å². The summed E-state index contributed by atoms with van der Waals surface area (Å²) in [6, 6.07) is 10.0. The molecule has 3 rings (SSSR count). The van der Waals surface area contributed by atoms with Crippen LogP contribution in [0.1, 0.15) is 53.0 Å². The summed E-state index contributed by atoms with van der Waals surface area (Å²) in [5.74, 6) is 1.04. The third-order valence-electron chi connectivity index (χ3n) is 5.12. The van der Waals surface area contributed by atoms with E-state index in [4.69, 9.17) is 22.5 Å². The van der Waals surface area contributed by atoms with Crippen LogP contribution in [0.15, 0.2) is 29.3 Å². The number of aliphatic imine (C=N–C) groups is 1. The molecule has 1 unspecified atom stereocenters. The van der Waals surface area contributed by atoms with Crippen LogP contribution >= 0.6 is 12.2 Å². The zero-order chi connectivity index (χ0) is 19.1. The van der Waals surface area contributed by atoms with Gasteiger partial charge in [-0.1, -0.05) is 26.1 Å². The van der Waals surface area contributed by atoms with E-state index in [1.54, 1.807) is 0 Å². The molecule has 5 heteroatoms. The Morgan fingerprint density at radius 3 is 2.23 bits per heavy atom. The second kappa shape index (κ2) is 6.75. The van der Waals surface area contributed by atoms with Gasteiger partial charge in [0.05, 0.1) is 28.2 Å². The van der Waals surface area contributed by atoms with E-state index in [2.05, 4.69) is 50.5 Å². The van der Waals surface area contributed by atoms with Crippen molar-refractivity contribution in [3.63, 3.8) is 0 Å². The third kappa shape index (κ3) is 3.41. The third-order valence-corrected chi connectivity index (χ3v) is 5.83. The molecule has 0 aliphatic carbocycles. The van der Waals surface area contributed by atoms with Gasteiger partial charge in [0.2, 0.25) is 0 Å². The Morgan fingerprint density at radius 1 is 1.15 bits per heavy atom. The van der Waals surface area contributed by atoms with Gasteiger partial charge in [0.15, 0.2) is 0 Å². The summed E-state index contributed by atoms with van der Waals surface area (Å²) in [7, 11) is 0. The van der Waals surface area contributed by atoms with Crippen LogP contribution in [0.5, 0.6) is 0 Å². The standard InChI is InChI=1S/C21H28N4S/c1-20(2,3)23-18-17(24-12-6-7-13-24)21(4,5)19(26)25(18)16-10-8-15(14-22)9-11-16/h8-11,17H,6-7,12-13H2,1-5H3. The van der Waals surface area contributed by atoms with Crippen LogP contribution in [0.3, 0.4) is 0 Å². The molecule has 0 spiro atoms. The average Bonchev–Trinajstić information content (AvgIpc) is 3.13. The first-order valence-corrected chi connectivity index (χ1v) is 9.74. The molecule has 4 nitrogen and oxygen atoms in total. The number of rotatable bonds is 2. The highest BCUT2D eigenvalue weighted by Crippen LogP contribution is 2.42. The molecule has 1 atom stereocenters. The molecule has 2 saturated heterocycles. The fraction of sp³-hybridized carbons (Fsp3) is 0.571. The molecule has 2 aliphatic rings. The number of hydrogen-bond donors (Lipinski definition) is 0. The highest BCUT2D eigenvalue weighted by molar-refractivity contribution is 7.80. The van der Waals surface area contributed by atoms with Crippen LogP contribution in [0.2, 0.25) is 0 Å². The van der Waals surface area contributed by atoms with E-state index < -0.39 is 0 Å². The fourth-order valence-electron chi connectivity index (χ4n) is 3.96. The number of nitrogens with zero attached hydrogens (tertiary/aromatic N) is 4. The fourth-order valence-corrected chi connectivity index (χ4v) is 4.27. The van der Waals surface area contributed by atoms with E-state index in [0.29, 0.717) is 5.56 Å². The normalized spacial score (nSPS) is 25.1. The largest absolute Gasteiger partial charge is 0.293 e. The van der Waals surface area contributed by atoms with Crippen LogP contribution < -0.4 is 4.90 Å². The highest BCUT2D eigenvalue weighted by atomic mass is 32.1. The lowest BCUT2D eigenvalue weighted by molar-refractivity contribution is 0.223. The monoisotopic (exact) mass is 368 g/mol. The van der Waals surface area contributed by atoms with Gasteiger partial charge >= 0.3 is 0 Å². The summed E-state index contributed by atoms with van der Waals surface area (Å²) in [5, 5.41) is 9.10. The molecule has 2 fully saturated rings. The second-order valence-electron chi connectivity index (χ2n) is 8.81. The number of likely N-dealkylation sites (tertiary alicyclic amines) is 1. The van der Waals surface area contributed by atoms with Gasteiger partial charge in [0, 0.05) is 11.1 Å². The molecule has 0 aromatic heterocycles. The summed E-state index contributed by atoms with van der Waals surface area (Å²) in [6.07, 6.45) is 2.47. The molecular weight excluding hydrogens is 340 g/mol. The molecule has 0 saturated carbocycles. The molecule has 138 valence electrons. The van der Waals surface area contributed by atoms with Gasteiger partial charge in [-0.25, -0.2) is 0 Å². The van der Waals surface area contributed by atoms with Gasteiger partial charge in [-0.3, -0.25) is 14.8 Å². The van der Waals surface area contributed by atoms with E-state index in [1.165, 1.54) is 12.8 Å². The van der Waals surface area contributed by atoms with Crippen LogP contribution in [0.25, 0.3) is 0 Å². The van der Waals surface area contributed by atoms with Gasteiger partial charge in [-0.15, -0.1) is 0 Å². The van der Waals surface area contributed by atoms with Crippen LogP contribution in [-0.2, 0) is 0 Å². The van der Waals surface area contributed by atoms with Crippen molar-refractivity contribution in [1.82, 2.24) is 4.90 Å². The Balaban J connectivity index is 2.12. The number of thiocarbonyl (C=S) groups is 1. The van der Waals surface area contributed by atoms with E-state index in [1.807, 2.05) is 24.3 Å². The molecule has 0 radical (unpaired) electrons. The first-order valence-electron chi connectivity index (χ1n) is 9.34. The molecule has 1 aromatic carbocycles. The lowest BCUT2D eigenvalue weighted by Crippen LogP contribution is -2.47. The zero-order valence-corrected chi connectivity index (χ0v) is 17.2. The van der Waals surface area contributed by atoms with E-state index in [-0.39, 0.29) is 17.0 Å². The van der Waals surface area contributed by atoms with Crippen LogP contribution in [0.4, 0.5) is 5.69 Å². The SMILES string of the molecule is CC(C)(C)N=C1C(N2CCCC2)C(C)(C)C(=S)N1c1ccc(C#N)cc1. The Labute approximate surface area is 162 Å². The molecule has 1 aromatic rings. The lowest BCUT2D eigenvalue weighted by Gasteiger charge is -2.33. The van der Waals surface area contributed by atoms with Crippen molar-refractivity contribution in [1.29, 1.82) is 5.26 Å². The maximum absolute atomic E-state index is 9.10. The second-order valence-corrected chi connectivity index (χ2v) is 9.19. The number of hydrogen-bond acceptors (Lipinski definition) is 4. The maximum atomic E-state index is 9.10. The van der Waals surface area contributed by atoms with Crippen molar-refractivity contribution in [3.8, 4) is 6.07 Å². The van der Waals surface area contributed by atoms with Crippen molar-refractivity contribution in [2.24, 2.45) is 10.4 Å².